The molecule has 412 valence electrons. The van der Waals surface area contributed by atoms with E-state index in [0.29, 0.717) is 29.9 Å². The number of nitrogens with one attached hydrogen (secondary N) is 4. The first kappa shape index (κ1) is 59.9. The van der Waals surface area contributed by atoms with Crippen molar-refractivity contribution in [2.24, 2.45) is 22.8 Å². The molecule has 77 heavy (non-hydrogen) atoms. The number of anilines is 1. The van der Waals surface area contributed by atoms with Gasteiger partial charge in [0.15, 0.2) is 5.78 Å². The van der Waals surface area contributed by atoms with Crippen LogP contribution < -0.4 is 32.7 Å². The van der Waals surface area contributed by atoms with Gasteiger partial charge >= 0.3 is 6.03 Å². The lowest BCUT2D eigenvalue weighted by atomic mass is 9.84. The molecule has 1 aliphatic heterocycles. The molecule has 1 aliphatic rings. The van der Waals surface area contributed by atoms with Crippen molar-refractivity contribution in [2.45, 2.75) is 104 Å². The molecule has 4 aromatic rings. The summed E-state index contributed by atoms with van der Waals surface area (Å²) in [5.74, 6) is -5.78. The number of imide groups is 1. The summed E-state index contributed by atoms with van der Waals surface area (Å²) in [5.41, 5.74) is 12.7. The van der Waals surface area contributed by atoms with E-state index in [9.17, 15) is 52.6 Å². The van der Waals surface area contributed by atoms with E-state index in [0.717, 1.165) is 28.7 Å². The Morgan fingerprint density at radius 1 is 0.831 bits per heavy atom. The zero-order valence-electron chi connectivity index (χ0n) is 43.7. The number of imidazole rings is 1. The van der Waals surface area contributed by atoms with Gasteiger partial charge in [-0.3, -0.25) is 43.3 Å². The molecule has 2 heterocycles. The van der Waals surface area contributed by atoms with Crippen molar-refractivity contribution in [2.75, 3.05) is 38.1 Å². The van der Waals surface area contributed by atoms with E-state index in [1.807, 2.05) is 51.1 Å². The second-order valence-corrected chi connectivity index (χ2v) is 19.9. The fraction of sp³-hybridized carbons (Fsp3) is 0.418. The molecule has 9 N–H and O–H groups in total. The number of carbonyl (C=O) groups is 9. The summed E-state index contributed by atoms with van der Waals surface area (Å²) in [6, 6.07) is 15.0. The Morgan fingerprint density at radius 3 is 2.17 bits per heavy atom. The maximum Gasteiger partial charge on any atom is 0.312 e. The Balaban J connectivity index is 1.14. The van der Waals surface area contributed by atoms with Crippen LogP contribution in [0.3, 0.4) is 0 Å². The number of ketones is 2. The predicted molar refractivity (Wildman–Crippen MR) is 281 cm³/mol. The first-order chi connectivity index (χ1) is 36.5. The highest BCUT2D eigenvalue weighted by molar-refractivity contribution is 6.12. The molecule has 0 bridgehead atoms. The van der Waals surface area contributed by atoms with Gasteiger partial charge in [-0.15, -0.1) is 0 Å². The number of aromatic nitrogens is 2. The van der Waals surface area contributed by atoms with Crippen LogP contribution in [0.15, 0.2) is 91.1 Å². The van der Waals surface area contributed by atoms with Crippen LogP contribution in [0.25, 0.3) is 11.3 Å². The van der Waals surface area contributed by atoms with Crippen LogP contribution in [-0.2, 0) is 51.3 Å². The number of carbonyl (C=O) groups excluding carboxylic acids is 9. The van der Waals surface area contributed by atoms with Crippen LogP contribution in [0.5, 0.6) is 0 Å². The number of nitrogens with zero attached hydrogens (tertiary/aromatic N) is 4. The molecule has 5 rings (SSSR count). The highest BCUT2D eigenvalue weighted by Crippen LogP contribution is 2.40. The summed E-state index contributed by atoms with van der Waals surface area (Å²) in [4.78, 5) is 121. The maximum atomic E-state index is 15.1. The fourth-order valence-electron chi connectivity index (χ4n) is 8.75. The van der Waals surface area contributed by atoms with E-state index in [1.165, 1.54) is 24.0 Å². The predicted octanol–water partition coefficient (Wildman–Crippen LogP) is 3.99. The van der Waals surface area contributed by atoms with E-state index in [1.54, 1.807) is 35.0 Å². The average Bonchev–Trinajstić information content (AvgIpc) is 3.96. The fourth-order valence-corrected chi connectivity index (χ4v) is 8.75. The molecule has 0 radical (unpaired) electrons. The largest absolute Gasteiger partial charge is 0.387 e. The smallest absolute Gasteiger partial charge is 0.312 e. The number of halogens is 2. The summed E-state index contributed by atoms with van der Waals surface area (Å²) in [6.07, 6.45) is 4.35. The van der Waals surface area contributed by atoms with Gasteiger partial charge in [-0.1, -0.05) is 63.2 Å². The van der Waals surface area contributed by atoms with Gasteiger partial charge in [0, 0.05) is 93.9 Å². The quantitative estimate of drug-likeness (QED) is 0.0300. The summed E-state index contributed by atoms with van der Waals surface area (Å²) in [5, 5.41) is 20.6. The van der Waals surface area contributed by atoms with Crippen molar-refractivity contribution >= 4 is 58.7 Å². The Kier molecular flexibility index (Phi) is 22.0. The van der Waals surface area contributed by atoms with Crippen LogP contribution in [0, 0.1) is 23.0 Å². The minimum absolute atomic E-state index is 0.0907. The van der Waals surface area contributed by atoms with Gasteiger partial charge in [-0.2, -0.15) is 0 Å². The summed E-state index contributed by atoms with van der Waals surface area (Å²) >= 11 is 0. The van der Waals surface area contributed by atoms with Gasteiger partial charge in [0.1, 0.15) is 29.8 Å². The molecule has 8 amide bonds. The molecule has 0 saturated heterocycles. The highest BCUT2D eigenvalue weighted by Gasteiger charge is 2.39. The Bertz CT molecular complexity index is 2780. The Morgan fingerprint density at radius 2 is 1.52 bits per heavy atom. The van der Waals surface area contributed by atoms with Gasteiger partial charge in [0.2, 0.25) is 23.6 Å². The SMILES string of the molecule is C[C@H](NC(=O)CCNC(=O)[C@@H](N)CCN(C(=O)CO)[C@@H](c1nc(-c2cc(F)ccc2F)cn1Cc1ccccc1)C(C)(C)C)C(=O)C[C@@H](CCCNC(N)=O)C(=O)Nc1ccc(CC(=O)CCCN2C(=O)C=CC2=O)cc1. The van der Waals surface area contributed by atoms with Crippen LogP contribution in [-0.4, -0.2) is 122 Å². The number of amides is 8. The van der Waals surface area contributed by atoms with Gasteiger partial charge < -0.3 is 47.3 Å². The Hall–Kier alpha value is -7.98. The summed E-state index contributed by atoms with van der Waals surface area (Å²) in [6.45, 7) is 6.31. The number of aliphatic hydroxyl groups is 1. The van der Waals surface area contributed by atoms with Gasteiger partial charge in [0.05, 0.1) is 23.8 Å². The molecule has 0 unspecified atom stereocenters. The van der Waals surface area contributed by atoms with E-state index >= 15 is 4.39 Å². The number of aliphatic hydroxyl groups excluding tert-OH is 1. The van der Waals surface area contributed by atoms with Crippen LogP contribution >= 0.6 is 0 Å². The normalized spacial score (nSPS) is 13.8. The third-order valence-electron chi connectivity index (χ3n) is 12.8. The minimum atomic E-state index is -1.19. The van der Waals surface area contributed by atoms with Crippen LogP contribution in [0.4, 0.5) is 19.3 Å². The minimum Gasteiger partial charge on any atom is -0.387 e. The topological polar surface area (TPSA) is 298 Å². The number of nitrogens with two attached hydrogens (primary N) is 2. The average molecular weight is 1070 g/mol. The van der Waals surface area contributed by atoms with Crippen molar-refractivity contribution in [1.29, 1.82) is 0 Å². The first-order valence-corrected chi connectivity index (χ1v) is 25.3. The monoisotopic (exact) mass is 1070 g/mol. The third-order valence-corrected chi connectivity index (χ3v) is 12.8. The summed E-state index contributed by atoms with van der Waals surface area (Å²) in [7, 11) is 0. The molecular weight excluding hydrogens is 999 g/mol. The number of urea groups is 1. The standard InChI is InChI=1S/C55H68F2N10O10/c1-34(45(70)29-37(12-8-24-61-54(59)77)52(75)63-39-17-14-35(15-18-39)28-40(69)13-9-26-66-47(72)20-21-48(66)73)62-46(71)22-25-60-53(76)43(58)23-27-67(49(74)33-68)50(55(2,3)4)51-64-44(41-30-38(56)16-19-42(41)57)32-65(51)31-36-10-6-5-7-11-36/h5-7,10-11,14-21,30,32,34,37,43,50,68H,8-9,12-13,22-29,31,33,58H2,1-4H3,(H,60,76)(H,62,71)(H,63,75)(H3,59,61,77)/t34-,37+,43-,50-/m0/s1. The lowest BCUT2D eigenvalue weighted by Crippen LogP contribution is -2.48. The van der Waals surface area contributed by atoms with Crippen molar-refractivity contribution in [3.63, 3.8) is 0 Å². The van der Waals surface area contributed by atoms with Crippen molar-refractivity contribution in [1.82, 2.24) is 35.3 Å². The molecule has 20 nitrogen and oxygen atoms in total. The molecule has 4 atom stereocenters. The van der Waals surface area contributed by atoms with Gasteiger partial charge in [-0.25, -0.2) is 18.6 Å². The molecule has 0 saturated carbocycles. The lowest BCUT2D eigenvalue weighted by molar-refractivity contribution is -0.140. The molecule has 1 aromatic heterocycles. The number of hydrogen-bond acceptors (Lipinski definition) is 12. The highest BCUT2D eigenvalue weighted by atomic mass is 19.1. The number of Topliss-reactive ketones (excluding diaryl/α,β-unsaturated/α-hetero) is 2. The zero-order chi connectivity index (χ0) is 56.4. The second-order valence-electron chi connectivity index (χ2n) is 19.9. The second kappa shape index (κ2) is 28.2. The molecule has 3 aromatic carbocycles. The van der Waals surface area contributed by atoms with E-state index in [2.05, 4.69) is 21.3 Å². The Labute approximate surface area is 445 Å². The van der Waals surface area contributed by atoms with E-state index < -0.39 is 95.0 Å². The van der Waals surface area contributed by atoms with Crippen molar-refractivity contribution in [3.05, 3.63) is 120 Å². The van der Waals surface area contributed by atoms with Crippen molar-refractivity contribution in [3.8, 4) is 11.3 Å². The number of hydrogen-bond donors (Lipinski definition) is 7. The lowest BCUT2D eigenvalue weighted by Gasteiger charge is -2.40. The third kappa shape index (κ3) is 18.1. The van der Waals surface area contributed by atoms with E-state index in [4.69, 9.17) is 16.5 Å². The molecule has 22 heteroatoms. The van der Waals surface area contributed by atoms with Gasteiger partial charge in [0.25, 0.3) is 11.8 Å². The zero-order valence-corrected chi connectivity index (χ0v) is 43.7. The number of primary amides is 1. The van der Waals surface area contributed by atoms with Gasteiger partial charge in [-0.05, 0) is 79.5 Å². The number of rotatable bonds is 29. The first-order valence-electron chi connectivity index (χ1n) is 25.3. The van der Waals surface area contributed by atoms with Crippen LogP contribution in [0.1, 0.15) is 95.6 Å². The molecule has 0 fully saturated rings. The molecule has 0 aliphatic carbocycles. The van der Waals surface area contributed by atoms with Crippen LogP contribution in [0.2, 0.25) is 0 Å². The molecular formula is C55H68F2N10O10. The maximum absolute atomic E-state index is 15.1. The van der Waals surface area contributed by atoms with Crippen molar-refractivity contribution < 1.29 is 57.0 Å². The van der Waals surface area contributed by atoms with E-state index in [-0.39, 0.29) is 88.3 Å². The molecule has 0 spiro atoms. The summed E-state index contributed by atoms with van der Waals surface area (Å²) < 4.78 is 31.3. The number of benzene rings is 3.